The molecule has 0 unspecified atom stereocenters. The minimum atomic E-state index is -2.93. The number of fused-ring (bicyclic) bond motifs is 6. The summed E-state index contributed by atoms with van der Waals surface area (Å²) >= 11 is 1.89. The predicted molar refractivity (Wildman–Crippen MR) is 365 cm³/mol. The van der Waals surface area contributed by atoms with Crippen LogP contribution < -0.4 is 62.2 Å². The number of aromatic nitrogens is 1. The van der Waals surface area contributed by atoms with E-state index in [0.717, 1.165) is 5.69 Å². The molecule has 392 valence electrons. The molecule has 0 bridgehead atoms. The summed E-state index contributed by atoms with van der Waals surface area (Å²) in [7, 11) is -8.66. The van der Waals surface area contributed by atoms with E-state index in [1.807, 2.05) is 11.3 Å². The van der Waals surface area contributed by atoms with E-state index >= 15 is 0 Å². The molecule has 0 saturated carbocycles. The van der Waals surface area contributed by atoms with Crippen molar-refractivity contribution in [1.82, 2.24) is 4.57 Å². The Morgan fingerprint density at radius 1 is 0.193 bits per heavy atom. The van der Waals surface area contributed by atoms with Gasteiger partial charge in [0.15, 0.2) is 24.2 Å². The van der Waals surface area contributed by atoms with E-state index in [1.165, 1.54) is 104 Å². The molecule has 0 amide bonds. The van der Waals surface area contributed by atoms with Gasteiger partial charge in [0, 0.05) is 36.6 Å². The van der Waals surface area contributed by atoms with Crippen molar-refractivity contribution in [3.63, 3.8) is 0 Å². The van der Waals surface area contributed by atoms with E-state index in [2.05, 4.69) is 350 Å². The van der Waals surface area contributed by atoms with Gasteiger partial charge < -0.3 is 4.57 Å². The lowest BCUT2D eigenvalue weighted by atomic mass is 10.1. The summed E-state index contributed by atoms with van der Waals surface area (Å²) in [5.41, 5.74) is 3.52. The van der Waals surface area contributed by atoms with Crippen molar-refractivity contribution >= 4 is 140 Å². The van der Waals surface area contributed by atoms with E-state index < -0.39 is 24.2 Å². The topological polar surface area (TPSA) is 4.93 Å². The first-order valence-corrected chi connectivity index (χ1v) is 35.5. The summed E-state index contributed by atoms with van der Waals surface area (Å²) in [4.78, 5) is 0. The highest BCUT2D eigenvalue weighted by molar-refractivity contribution is 7.26. The lowest BCUT2D eigenvalue weighted by molar-refractivity contribution is 1.19. The van der Waals surface area contributed by atoms with Gasteiger partial charge in [0.25, 0.3) is 0 Å². The van der Waals surface area contributed by atoms with Gasteiger partial charge in [-0.15, -0.1) is 11.3 Å². The molecule has 1 nitrogen and oxygen atoms in total. The maximum atomic E-state index is 2.60. The van der Waals surface area contributed by atoms with Crippen LogP contribution in [0, 0.1) is 0 Å². The zero-order valence-corrected chi connectivity index (χ0v) is 49.6. The van der Waals surface area contributed by atoms with Crippen molar-refractivity contribution in [1.29, 1.82) is 0 Å². The first-order valence-electron chi connectivity index (χ1n) is 28.7. The van der Waals surface area contributed by atoms with Gasteiger partial charge in [0.1, 0.15) is 0 Å². The highest BCUT2D eigenvalue weighted by Crippen LogP contribution is 2.38. The number of nitrogens with zero attached hydrogens (tertiary/aromatic N) is 1. The van der Waals surface area contributed by atoms with Gasteiger partial charge in [-0.2, -0.15) is 0 Å². The van der Waals surface area contributed by atoms with Crippen molar-refractivity contribution in [2.75, 3.05) is 0 Å². The van der Waals surface area contributed by atoms with Crippen molar-refractivity contribution < 1.29 is 0 Å². The van der Waals surface area contributed by atoms with E-state index in [-0.39, 0.29) is 0 Å². The SMILES string of the molecule is c1ccc([Si](c2ccccc2)(c2ccccc2)c2ccc3sc4ccc(-n5c6ccc([Si](c7ccccc7)(c7ccccc7)c7ccccc7)cc6c6cc([Si](c7ccccc7)(c7ccccc7)c7ccccc7)ccc65)cc4c3c2)cc1. The van der Waals surface area contributed by atoms with Crippen LogP contribution in [0.3, 0.4) is 0 Å². The first kappa shape index (κ1) is 50.5. The third-order valence-electron chi connectivity index (χ3n) is 17.6. The average molecular weight is 1120 g/mol. The molecule has 15 rings (SSSR count). The molecule has 0 atom stereocenters. The molecule has 0 radical (unpaired) electrons. The number of rotatable bonds is 13. The third-order valence-corrected chi connectivity index (χ3v) is 33.1. The summed E-state index contributed by atoms with van der Waals surface area (Å²) in [6.45, 7) is 0. The average Bonchev–Trinajstić information content (AvgIpc) is 3.60. The van der Waals surface area contributed by atoms with Crippen molar-refractivity contribution in [2.45, 2.75) is 0 Å². The molecule has 0 aliphatic rings. The highest BCUT2D eigenvalue weighted by Gasteiger charge is 2.45. The van der Waals surface area contributed by atoms with Crippen molar-refractivity contribution in [2.24, 2.45) is 0 Å². The maximum Gasteiger partial charge on any atom is 0.179 e. The molecule has 0 N–H and O–H groups in total. The lowest BCUT2D eigenvalue weighted by Crippen LogP contribution is -2.74. The van der Waals surface area contributed by atoms with Crippen LogP contribution in [0.5, 0.6) is 0 Å². The van der Waals surface area contributed by atoms with Gasteiger partial charge in [-0.3, -0.25) is 0 Å². The molecule has 0 aliphatic carbocycles. The molecular weight excluding hydrogens is 1070 g/mol. The van der Waals surface area contributed by atoms with Gasteiger partial charge in [-0.05, 0) is 98.6 Å². The number of hydrogen-bond donors (Lipinski definition) is 0. The highest BCUT2D eigenvalue weighted by atomic mass is 32.1. The van der Waals surface area contributed by atoms with Crippen LogP contribution in [0.15, 0.2) is 346 Å². The Hall–Kier alpha value is -9.47. The summed E-state index contributed by atoms with van der Waals surface area (Å²) in [6.07, 6.45) is 0. The van der Waals surface area contributed by atoms with Crippen LogP contribution in [-0.2, 0) is 0 Å². The van der Waals surface area contributed by atoms with Crippen molar-refractivity contribution in [3.8, 4) is 5.69 Å². The number of hydrogen-bond acceptors (Lipinski definition) is 1. The Morgan fingerprint density at radius 2 is 0.422 bits per heavy atom. The van der Waals surface area contributed by atoms with Gasteiger partial charge >= 0.3 is 0 Å². The Bertz CT molecular complexity index is 4280. The van der Waals surface area contributed by atoms with E-state index in [0.29, 0.717) is 0 Å². The fourth-order valence-corrected chi connectivity index (χ4v) is 29.5. The summed E-state index contributed by atoms with van der Waals surface area (Å²) in [6, 6.07) is 132. The largest absolute Gasteiger partial charge is 0.309 e. The summed E-state index contributed by atoms with van der Waals surface area (Å²) in [5, 5.41) is 21.4. The van der Waals surface area contributed by atoms with Crippen molar-refractivity contribution in [3.05, 3.63) is 346 Å². The van der Waals surface area contributed by atoms with Crippen LogP contribution in [0.2, 0.25) is 0 Å². The zero-order valence-electron chi connectivity index (χ0n) is 45.8. The first-order chi connectivity index (χ1) is 41.2. The smallest absolute Gasteiger partial charge is 0.179 e. The predicted octanol–water partition coefficient (Wildman–Crippen LogP) is 11.3. The maximum absolute atomic E-state index is 2.93. The molecule has 0 spiro atoms. The second-order valence-electron chi connectivity index (χ2n) is 21.8. The van der Waals surface area contributed by atoms with Crippen LogP contribution in [0.1, 0.15) is 0 Å². The molecule has 2 heterocycles. The van der Waals surface area contributed by atoms with Gasteiger partial charge in [-0.25, -0.2) is 0 Å². The van der Waals surface area contributed by atoms with Gasteiger partial charge in [0.05, 0.1) is 11.0 Å². The normalized spacial score (nSPS) is 12.1. The van der Waals surface area contributed by atoms with Crippen LogP contribution in [0.25, 0.3) is 47.7 Å². The Kier molecular flexibility index (Phi) is 12.9. The fraction of sp³-hybridized carbons (Fsp3) is 0. The zero-order chi connectivity index (χ0) is 55.2. The fourth-order valence-electron chi connectivity index (χ4n) is 14.1. The molecule has 83 heavy (non-hydrogen) atoms. The Labute approximate surface area is 492 Å². The molecular formula is C78H57NSSi3. The summed E-state index contributed by atoms with van der Waals surface area (Å²) < 4.78 is 5.14. The standard InChI is InChI=1S/C78H57NSSi3/c1-10-28-59(29-11-1)81(60-30-12-2-13-31-60,61-32-14-3-15-33-61)68-47-50-75-71(55-68)72-56-69(82(62-34-16-4-17-35-62,63-36-18-5-19-37-63)64-38-20-6-21-39-64)48-51-76(72)79(75)58-46-52-77-73(54-58)74-57-70(49-53-78(74)80-77)83(65-40-22-7-23-41-65,66-42-24-8-25-43-66)67-44-26-9-27-45-67/h1-57H. The minimum absolute atomic E-state index is 1.15. The molecule has 5 heteroatoms. The molecule has 2 aromatic heterocycles. The Morgan fingerprint density at radius 3 is 0.699 bits per heavy atom. The van der Waals surface area contributed by atoms with Gasteiger partial charge in [0.2, 0.25) is 0 Å². The summed E-state index contributed by atoms with van der Waals surface area (Å²) in [5.74, 6) is 0. The minimum Gasteiger partial charge on any atom is -0.309 e. The molecule has 0 aliphatic heterocycles. The Balaban J connectivity index is 1.03. The van der Waals surface area contributed by atoms with Crippen LogP contribution >= 0.6 is 11.3 Å². The monoisotopic (exact) mass is 1120 g/mol. The molecule has 0 fully saturated rings. The second-order valence-corrected chi connectivity index (χ2v) is 34.3. The molecule has 15 aromatic rings. The second kappa shape index (κ2) is 21.1. The number of benzene rings is 13. The van der Waals surface area contributed by atoms with E-state index in [1.54, 1.807) is 0 Å². The van der Waals surface area contributed by atoms with Gasteiger partial charge in [-0.1, -0.05) is 309 Å². The third kappa shape index (κ3) is 8.14. The van der Waals surface area contributed by atoms with Crippen LogP contribution in [-0.4, -0.2) is 28.8 Å². The van der Waals surface area contributed by atoms with E-state index in [4.69, 9.17) is 0 Å². The number of thiophene rings is 1. The lowest BCUT2D eigenvalue weighted by Gasteiger charge is -2.34. The quantitative estimate of drug-likeness (QED) is 0.0801. The van der Waals surface area contributed by atoms with Crippen LogP contribution in [0.4, 0.5) is 0 Å². The van der Waals surface area contributed by atoms with E-state index in [9.17, 15) is 0 Å². The molecule has 0 saturated heterocycles. The molecule has 13 aromatic carbocycles.